The van der Waals surface area contributed by atoms with Gasteiger partial charge in [0.15, 0.2) is 0 Å². The van der Waals surface area contributed by atoms with Crippen LogP contribution in [0.4, 0.5) is 0 Å². The predicted octanol–water partition coefficient (Wildman–Crippen LogP) is 3.68. The van der Waals surface area contributed by atoms with E-state index in [4.69, 9.17) is 10.00 Å². The van der Waals surface area contributed by atoms with Crippen LogP contribution in [0.1, 0.15) is 44.6 Å². The second kappa shape index (κ2) is 11.1. The van der Waals surface area contributed by atoms with Crippen molar-refractivity contribution in [3.63, 3.8) is 0 Å². The van der Waals surface area contributed by atoms with Gasteiger partial charge in [0.1, 0.15) is 5.75 Å². The van der Waals surface area contributed by atoms with Crippen molar-refractivity contribution in [1.29, 1.82) is 5.26 Å². The highest BCUT2D eigenvalue weighted by molar-refractivity contribution is 5.28. The number of unbranched alkanes of at least 4 members (excludes halogenated alkanes) is 3. The molecule has 1 aliphatic rings. The molecule has 1 saturated heterocycles. The minimum absolute atomic E-state index is 0.637. The molecule has 4 heteroatoms. The van der Waals surface area contributed by atoms with E-state index < -0.39 is 0 Å². The van der Waals surface area contributed by atoms with E-state index in [1.54, 1.807) is 0 Å². The topological polar surface area (TPSA) is 39.5 Å². The predicted molar refractivity (Wildman–Crippen MR) is 98.0 cm³/mol. The molecule has 4 nitrogen and oxygen atoms in total. The van der Waals surface area contributed by atoms with Crippen LogP contribution in [-0.2, 0) is 6.54 Å². The van der Waals surface area contributed by atoms with Crippen LogP contribution >= 0.6 is 0 Å². The second-order valence-electron chi connectivity index (χ2n) is 6.58. The van der Waals surface area contributed by atoms with Gasteiger partial charge in [-0.3, -0.25) is 9.80 Å². The summed E-state index contributed by atoms with van der Waals surface area (Å²) in [5.74, 6) is 0.997. The maximum absolute atomic E-state index is 8.67. The Balaban J connectivity index is 1.71. The SMILES string of the molecule is CCCCCCOc1cccc(CN2CCN(CCC#N)CC2)c1. The Bertz CT molecular complexity index is 504. The van der Waals surface area contributed by atoms with Crippen LogP contribution in [0, 0.1) is 11.3 Å². The summed E-state index contributed by atoms with van der Waals surface area (Å²) in [5, 5.41) is 8.67. The Morgan fingerprint density at radius 1 is 1.08 bits per heavy atom. The zero-order chi connectivity index (χ0) is 17.0. The molecule has 1 aliphatic heterocycles. The molecule has 1 fully saturated rings. The van der Waals surface area contributed by atoms with Gasteiger partial charge < -0.3 is 4.74 Å². The van der Waals surface area contributed by atoms with Gasteiger partial charge in [-0.15, -0.1) is 0 Å². The Hall–Kier alpha value is -1.57. The molecule has 2 rings (SSSR count). The number of piperazine rings is 1. The van der Waals surface area contributed by atoms with Gasteiger partial charge in [0.05, 0.1) is 12.7 Å². The summed E-state index contributed by atoms with van der Waals surface area (Å²) in [6.07, 6.45) is 5.59. The Morgan fingerprint density at radius 2 is 1.88 bits per heavy atom. The summed E-state index contributed by atoms with van der Waals surface area (Å²) in [6, 6.07) is 10.8. The maximum Gasteiger partial charge on any atom is 0.119 e. The smallest absolute Gasteiger partial charge is 0.119 e. The Morgan fingerprint density at radius 3 is 2.62 bits per heavy atom. The minimum atomic E-state index is 0.637. The number of benzene rings is 1. The third kappa shape index (κ3) is 6.90. The molecule has 0 amide bonds. The van der Waals surface area contributed by atoms with Crippen LogP contribution in [0.5, 0.6) is 5.75 Å². The molecule has 1 aromatic carbocycles. The summed E-state index contributed by atoms with van der Waals surface area (Å²) in [6.45, 7) is 9.23. The lowest BCUT2D eigenvalue weighted by Gasteiger charge is -2.34. The third-order valence-electron chi connectivity index (χ3n) is 4.58. The van der Waals surface area contributed by atoms with Crippen molar-refractivity contribution >= 4 is 0 Å². The van der Waals surface area contributed by atoms with Gasteiger partial charge in [0.2, 0.25) is 0 Å². The van der Waals surface area contributed by atoms with E-state index in [1.165, 1.54) is 24.8 Å². The number of hydrogen-bond acceptors (Lipinski definition) is 4. The van der Waals surface area contributed by atoms with Crippen molar-refractivity contribution in [1.82, 2.24) is 9.80 Å². The van der Waals surface area contributed by atoms with Gasteiger partial charge in [0, 0.05) is 45.7 Å². The highest BCUT2D eigenvalue weighted by atomic mass is 16.5. The van der Waals surface area contributed by atoms with Crippen molar-refractivity contribution in [3.8, 4) is 11.8 Å². The number of ether oxygens (including phenoxy) is 1. The van der Waals surface area contributed by atoms with Crippen LogP contribution in [0.25, 0.3) is 0 Å². The van der Waals surface area contributed by atoms with E-state index in [0.717, 1.165) is 58.0 Å². The van der Waals surface area contributed by atoms with E-state index in [-0.39, 0.29) is 0 Å². The molecule has 24 heavy (non-hydrogen) atoms. The molecule has 0 aromatic heterocycles. The molecular weight excluding hydrogens is 298 g/mol. The minimum Gasteiger partial charge on any atom is -0.494 e. The first-order chi connectivity index (χ1) is 11.8. The van der Waals surface area contributed by atoms with Crippen LogP contribution in [0.2, 0.25) is 0 Å². The van der Waals surface area contributed by atoms with E-state index in [0.29, 0.717) is 6.42 Å². The van der Waals surface area contributed by atoms with Crippen molar-refractivity contribution in [3.05, 3.63) is 29.8 Å². The summed E-state index contributed by atoms with van der Waals surface area (Å²) in [7, 11) is 0. The summed E-state index contributed by atoms with van der Waals surface area (Å²) < 4.78 is 5.89. The fourth-order valence-electron chi connectivity index (χ4n) is 3.09. The van der Waals surface area contributed by atoms with Crippen LogP contribution in [0.15, 0.2) is 24.3 Å². The third-order valence-corrected chi connectivity index (χ3v) is 4.58. The lowest BCUT2D eigenvalue weighted by molar-refractivity contribution is 0.129. The molecule has 0 spiro atoms. The number of nitrogens with zero attached hydrogens (tertiary/aromatic N) is 3. The summed E-state index contributed by atoms with van der Waals surface area (Å²) in [5.41, 5.74) is 1.33. The first kappa shape index (κ1) is 18.8. The van der Waals surface area contributed by atoms with Gasteiger partial charge in [0.25, 0.3) is 0 Å². The van der Waals surface area contributed by atoms with Gasteiger partial charge in [-0.2, -0.15) is 5.26 Å². The number of rotatable bonds is 10. The maximum atomic E-state index is 8.67. The molecule has 132 valence electrons. The highest BCUT2D eigenvalue weighted by Gasteiger charge is 2.16. The molecular formula is C20H31N3O. The van der Waals surface area contributed by atoms with Crippen LogP contribution in [-0.4, -0.2) is 49.1 Å². The van der Waals surface area contributed by atoms with E-state index in [9.17, 15) is 0 Å². The first-order valence-corrected chi connectivity index (χ1v) is 9.35. The molecule has 0 aliphatic carbocycles. The van der Waals surface area contributed by atoms with E-state index in [1.807, 2.05) is 0 Å². The Labute approximate surface area is 147 Å². The van der Waals surface area contributed by atoms with Gasteiger partial charge >= 0.3 is 0 Å². The largest absolute Gasteiger partial charge is 0.494 e. The average Bonchev–Trinajstić information content (AvgIpc) is 2.61. The average molecular weight is 329 g/mol. The summed E-state index contributed by atoms with van der Waals surface area (Å²) in [4.78, 5) is 4.87. The van der Waals surface area contributed by atoms with Gasteiger partial charge in [-0.05, 0) is 24.1 Å². The van der Waals surface area contributed by atoms with Gasteiger partial charge in [-0.1, -0.05) is 38.3 Å². The first-order valence-electron chi connectivity index (χ1n) is 9.35. The quantitative estimate of drug-likeness (QED) is 0.614. The number of nitriles is 1. The lowest BCUT2D eigenvalue weighted by Crippen LogP contribution is -2.46. The molecule has 1 aromatic rings. The molecule has 0 radical (unpaired) electrons. The van der Waals surface area contributed by atoms with Crippen molar-refractivity contribution in [2.75, 3.05) is 39.3 Å². The van der Waals surface area contributed by atoms with Crippen molar-refractivity contribution in [2.24, 2.45) is 0 Å². The fourth-order valence-corrected chi connectivity index (χ4v) is 3.09. The van der Waals surface area contributed by atoms with Crippen LogP contribution < -0.4 is 4.74 Å². The second-order valence-corrected chi connectivity index (χ2v) is 6.58. The monoisotopic (exact) mass is 329 g/mol. The van der Waals surface area contributed by atoms with Crippen molar-refractivity contribution in [2.45, 2.75) is 45.6 Å². The molecule has 0 atom stereocenters. The molecule has 1 heterocycles. The van der Waals surface area contributed by atoms with Crippen molar-refractivity contribution < 1.29 is 4.74 Å². The van der Waals surface area contributed by atoms with E-state index in [2.05, 4.69) is 47.1 Å². The van der Waals surface area contributed by atoms with Crippen LogP contribution in [0.3, 0.4) is 0 Å². The Kier molecular flexibility index (Phi) is 8.65. The highest BCUT2D eigenvalue weighted by Crippen LogP contribution is 2.16. The van der Waals surface area contributed by atoms with Gasteiger partial charge in [-0.25, -0.2) is 0 Å². The molecule has 0 unspecified atom stereocenters. The van der Waals surface area contributed by atoms with E-state index >= 15 is 0 Å². The molecule has 0 N–H and O–H groups in total. The zero-order valence-electron chi connectivity index (χ0n) is 15.0. The standard InChI is InChI=1S/C20H31N3O/c1-2-3-4-5-16-24-20-9-6-8-19(17-20)18-23-14-12-22(13-15-23)11-7-10-21/h6,8-9,17H,2-5,7,11-16,18H2,1H3. The number of hydrogen-bond donors (Lipinski definition) is 0. The molecule has 0 saturated carbocycles. The normalized spacial score (nSPS) is 16.0. The lowest BCUT2D eigenvalue weighted by atomic mass is 10.2. The molecule has 0 bridgehead atoms. The zero-order valence-corrected chi connectivity index (χ0v) is 15.0. The fraction of sp³-hybridized carbons (Fsp3) is 0.650. The summed E-state index contributed by atoms with van der Waals surface area (Å²) >= 11 is 0.